The number of halogens is 1. The lowest BCUT2D eigenvalue weighted by Crippen LogP contribution is -2.38. The van der Waals surface area contributed by atoms with E-state index >= 15 is 0 Å². The van der Waals surface area contributed by atoms with E-state index in [9.17, 15) is 4.79 Å². The molecule has 0 bridgehead atoms. The molecule has 0 spiro atoms. The van der Waals surface area contributed by atoms with E-state index in [-0.39, 0.29) is 19.2 Å². The lowest BCUT2D eigenvalue weighted by molar-refractivity contribution is 0.138. The van der Waals surface area contributed by atoms with Gasteiger partial charge in [-0.15, -0.1) is 0 Å². The van der Waals surface area contributed by atoms with Gasteiger partial charge in [0.25, 0.3) is 0 Å². The Labute approximate surface area is 193 Å². The quantitative estimate of drug-likeness (QED) is 0.418. The molecular formula is C23H28ClN5O3. The van der Waals surface area contributed by atoms with E-state index < -0.39 is 0 Å². The molecule has 0 aliphatic heterocycles. The van der Waals surface area contributed by atoms with Crippen molar-refractivity contribution < 1.29 is 14.3 Å². The van der Waals surface area contributed by atoms with Gasteiger partial charge in [-0.25, -0.2) is 19.7 Å². The van der Waals surface area contributed by atoms with E-state index in [1.807, 2.05) is 19.1 Å². The number of carbonyl (C=O) groups is 1. The fourth-order valence-electron chi connectivity index (χ4n) is 3.15. The van der Waals surface area contributed by atoms with Gasteiger partial charge in [0.05, 0.1) is 18.8 Å². The summed E-state index contributed by atoms with van der Waals surface area (Å²) in [6.45, 7) is 7.87. The van der Waals surface area contributed by atoms with Crippen LogP contribution in [0.25, 0.3) is 0 Å². The van der Waals surface area contributed by atoms with Gasteiger partial charge in [0, 0.05) is 19.0 Å². The molecule has 3 rings (SSSR count). The van der Waals surface area contributed by atoms with Crippen LogP contribution in [0.4, 0.5) is 10.6 Å². The van der Waals surface area contributed by atoms with Crippen LogP contribution in [0.1, 0.15) is 30.2 Å². The predicted molar refractivity (Wildman–Crippen MR) is 124 cm³/mol. The van der Waals surface area contributed by atoms with Crippen molar-refractivity contribution in [1.29, 1.82) is 0 Å². The molecule has 0 aliphatic rings. The molecule has 2 aromatic heterocycles. The van der Waals surface area contributed by atoms with Gasteiger partial charge in [-0.2, -0.15) is 0 Å². The van der Waals surface area contributed by atoms with Gasteiger partial charge in [0.1, 0.15) is 30.0 Å². The Morgan fingerprint density at radius 3 is 2.75 bits per heavy atom. The van der Waals surface area contributed by atoms with Crippen molar-refractivity contribution in [3.63, 3.8) is 0 Å². The molecule has 0 atom stereocenters. The van der Waals surface area contributed by atoms with E-state index in [0.29, 0.717) is 23.1 Å². The Bertz CT molecular complexity index is 1030. The number of benzene rings is 1. The number of aryl methyl sites for hydroxylation is 2. The first-order valence-electron chi connectivity index (χ1n) is 10.6. The first-order valence-corrected chi connectivity index (χ1v) is 11.0. The third kappa shape index (κ3) is 6.05. The average Bonchev–Trinajstić information content (AvgIpc) is 3.32. The standard InChI is InChI=1S/C23H28ClN5O3/c1-4-11-31-12-7-19-5-6-20(17(2)14-19)32-13-10-29(23(30)28-9-8-25-16-28)22-21(24)18(3)26-15-27-22/h5-6,8-9,14-16H,4,7,10-13H2,1-3H3. The van der Waals surface area contributed by atoms with Crippen LogP contribution in [-0.2, 0) is 11.2 Å². The molecule has 2 heterocycles. The number of ether oxygens (including phenoxy) is 2. The maximum atomic E-state index is 13.0. The molecule has 0 unspecified atom stereocenters. The minimum atomic E-state index is -0.328. The summed E-state index contributed by atoms with van der Waals surface area (Å²) in [5.41, 5.74) is 2.82. The number of carbonyl (C=O) groups excluding carboxylic acids is 1. The summed E-state index contributed by atoms with van der Waals surface area (Å²) in [6.07, 6.45) is 7.82. The number of hydrogen-bond donors (Lipinski definition) is 0. The number of hydrogen-bond acceptors (Lipinski definition) is 6. The Morgan fingerprint density at radius 1 is 1.19 bits per heavy atom. The summed E-state index contributed by atoms with van der Waals surface area (Å²) in [7, 11) is 0. The summed E-state index contributed by atoms with van der Waals surface area (Å²) in [4.78, 5) is 26.8. The molecular weight excluding hydrogens is 430 g/mol. The summed E-state index contributed by atoms with van der Waals surface area (Å²) >= 11 is 6.40. The van der Waals surface area contributed by atoms with Gasteiger partial charge in [-0.1, -0.05) is 30.7 Å². The first kappa shape index (κ1) is 23.7. The summed E-state index contributed by atoms with van der Waals surface area (Å²) < 4.78 is 12.9. The smallest absolute Gasteiger partial charge is 0.335 e. The van der Waals surface area contributed by atoms with Crippen molar-refractivity contribution in [2.24, 2.45) is 0 Å². The van der Waals surface area contributed by atoms with Crippen molar-refractivity contribution in [1.82, 2.24) is 19.5 Å². The van der Waals surface area contributed by atoms with Crippen LogP contribution in [0.2, 0.25) is 5.02 Å². The normalized spacial score (nSPS) is 10.9. The van der Waals surface area contributed by atoms with Crippen LogP contribution in [-0.4, -0.2) is 51.9 Å². The molecule has 0 saturated carbocycles. The molecule has 3 aromatic rings. The van der Waals surface area contributed by atoms with Crippen LogP contribution in [0.5, 0.6) is 5.75 Å². The van der Waals surface area contributed by atoms with Crippen LogP contribution in [0, 0.1) is 13.8 Å². The molecule has 1 aromatic carbocycles. The second kappa shape index (κ2) is 11.6. The van der Waals surface area contributed by atoms with Gasteiger partial charge in [-0.05, 0) is 43.9 Å². The van der Waals surface area contributed by atoms with Gasteiger partial charge in [0.2, 0.25) is 0 Å². The van der Waals surface area contributed by atoms with Gasteiger partial charge < -0.3 is 9.47 Å². The number of aromatic nitrogens is 4. The minimum absolute atomic E-state index is 0.249. The number of amides is 1. The van der Waals surface area contributed by atoms with Gasteiger partial charge in [-0.3, -0.25) is 9.47 Å². The molecule has 0 aliphatic carbocycles. The molecule has 1 amide bonds. The van der Waals surface area contributed by atoms with E-state index in [2.05, 4.69) is 27.9 Å². The van der Waals surface area contributed by atoms with Crippen molar-refractivity contribution >= 4 is 23.4 Å². The van der Waals surface area contributed by atoms with Crippen LogP contribution >= 0.6 is 11.6 Å². The zero-order valence-electron chi connectivity index (χ0n) is 18.6. The topological polar surface area (TPSA) is 82.4 Å². The van der Waals surface area contributed by atoms with Gasteiger partial charge >= 0.3 is 6.03 Å². The maximum Gasteiger partial charge on any atom is 0.335 e. The highest BCUT2D eigenvalue weighted by Crippen LogP contribution is 2.26. The highest BCUT2D eigenvalue weighted by atomic mass is 35.5. The SMILES string of the molecule is CCCOCCc1ccc(OCCN(C(=O)n2ccnc2)c2ncnc(C)c2Cl)c(C)c1. The van der Waals surface area contributed by atoms with Crippen LogP contribution in [0.15, 0.2) is 43.2 Å². The van der Waals surface area contributed by atoms with E-state index in [4.69, 9.17) is 21.1 Å². The second-order valence-corrected chi connectivity index (χ2v) is 7.69. The Balaban J connectivity index is 1.67. The van der Waals surface area contributed by atoms with Crippen molar-refractivity contribution in [2.45, 2.75) is 33.6 Å². The fraction of sp³-hybridized carbons (Fsp3) is 0.391. The second-order valence-electron chi connectivity index (χ2n) is 7.31. The van der Waals surface area contributed by atoms with Crippen LogP contribution in [0.3, 0.4) is 0 Å². The highest BCUT2D eigenvalue weighted by molar-refractivity contribution is 6.34. The van der Waals surface area contributed by atoms with Crippen molar-refractivity contribution in [3.8, 4) is 5.75 Å². The van der Waals surface area contributed by atoms with E-state index in [1.54, 1.807) is 13.1 Å². The molecule has 32 heavy (non-hydrogen) atoms. The number of nitrogens with zero attached hydrogens (tertiary/aromatic N) is 5. The Kier molecular flexibility index (Phi) is 8.58. The van der Waals surface area contributed by atoms with Gasteiger partial charge in [0.15, 0.2) is 5.82 Å². The first-order chi connectivity index (χ1) is 15.5. The predicted octanol–water partition coefficient (Wildman–Crippen LogP) is 4.47. The number of anilines is 1. The average molecular weight is 458 g/mol. The fourth-order valence-corrected chi connectivity index (χ4v) is 3.35. The third-order valence-electron chi connectivity index (χ3n) is 4.85. The lowest BCUT2D eigenvalue weighted by atomic mass is 10.1. The maximum absolute atomic E-state index is 13.0. The highest BCUT2D eigenvalue weighted by Gasteiger charge is 2.22. The molecule has 9 heteroatoms. The molecule has 170 valence electrons. The monoisotopic (exact) mass is 457 g/mol. The largest absolute Gasteiger partial charge is 0.491 e. The minimum Gasteiger partial charge on any atom is -0.491 e. The van der Waals surface area contributed by atoms with E-state index in [1.165, 1.54) is 33.9 Å². The molecule has 0 saturated heterocycles. The summed E-state index contributed by atoms with van der Waals surface area (Å²) in [5, 5.41) is 0.326. The Hall–Kier alpha value is -2.97. The zero-order chi connectivity index (χ0) is 22.9. The third-order valence-corrected chi connectivity index (χ3v) is 5.30. The molecule has 0 fully saturated rings. The Morgan fingerprint density at radius 2 is 2.03 bits per heavy atom. The molecule has 0 radical (unpaired) electrons. The zero-order valence-corrected chi connectivity index (χ0v) is 19.4. The summed E-state index contributed by atoms with van der Waals surface area (Å²) in [6, 6.07) is 5.76. The lowest BCUT2D eigenvalue weighted by Gasteiger charge is -2.23. The molecule has 8 nitrogen and oxygen atoms in total. The van der Waals surface area contributed by atoms with Crippen LogP contribution < -0.4 is 9.64 Å². The summed E-state index contributed by atoms with van der Waals surface area (Å²) in [5.74, 6) is 1.10. The molecule has 0 N–H and O–H groups in total. The number of imidazole rings is 1. The van der Waals surface area contributed by atoms with Crippen molar-refractivity contribution in [2.75, 3.05) is 31.3 Å². The van der Waals surface area contributed by atoms with E-state index in [0.717, 1.165) is 30.8 Å². The van der Waals surface area contributed by atoms with Crippen molar-refractivity contribution in [3.05, 3.63) is 65.1 Å². The number of rotatable bonds is 10.